The number of hydrogen-bond acceptors (Lipinski definition) is 6. The standard InChI is InChI=1S/C22H26FN5O2S/c1-5-20(29)28-11-16(23)18(12-28)30-21-15-6-7-27(10-13(2)3)17(15)8-19(25-21)26-22-24-9-14(4)31-22/h5-9,13,16,18H,1,10-12H2,2-4H3,(H,24,25,26)/t16-,18-/m1/s1. The van der Waals surface area contributed by atoms with Crippen molar-refractivity contribution in [2.45, 2.75) is 39.6 Å². The number of aromatic nitrogens is 3. The van der Waals surface area contributed by atoms with Gasteiger partial charge in [0.1, 0.15) is 5.82 Å². The third-order valence-electron chi connectivity index (χ3n) is 5.10. The normalized spacial score (nSPS) is 18.7. The van der Waals surface area contributed by atoms with Gasteiger partial charge in [0.15, 0.2) is 17.4 Å². The lowest BCUT2D eigenvalue weighted by Crippen LogP contribution is -2.30. The Morgan fingerprint density at radius 3 is 2.97 bits per heavy atom. The fraction of sp³-hybridized carbons (Fsp3) is 0.409. The molecule has 0 unspecified atom stereocenters. The molecule has 0 aliphatic carbocycles. The minimum absolute atomic E-state index is 0.0106. The average Bonchev–Trinajstić information content (AvgIpc) is 3.41. The zero-order valence-electron chi connectivity index (χ0n) is 17.8. The van der Waals surface area contributed by atoms with Gasteiger partial charge in [-0.2, -0.15) is 4.98 Å². The molecule has 1 saturated heterocycles. The summed E-state index contributed by atoms with van der Waals surface area (Å²) in [5.41, 5.74) is 0.946. The number of likely N-dealkylation sites (tertiary alicyclic amines) is 1. The van der Waals surface area contributed by atoms with Gasteiger partial charge in [-0.05, 0) is 25.0 Å². The van der Waals surface area contributed by atoms with Gasteiger partial charge in [-0.25, -0.2) is 9.37 Å². The third-order valence-corrected chi connectivity index (χ3v) is 5.93. The van der Waals surface area contributed by atoms with Crippen LogP contribution in [0.3, 0.4) is 0 Å². The van der Waals surface area contributed by atoms with Gasteiger partial charge < -0.3 is 19.5 Å². The van der Waals surface area contributed by atoms with Crippen molar-refractivity contribution >= 4 is 39.1 Å². The Hall–Kier alpha value is -2.94. The number of halogens is 1. The topological polar surface area (TPSA) is 72.3 Å². The van der Waals surface area contributed by atoms with Crippen molar-refractivity contribution in [1.29, 1.82) is 0 Å². The first-order valence-electron chi connectivity index (χ1n) is 10.3. The van der Waals surface area contributed by atoms with Crippen LogP contribution in [0, 0.1) is 12.8 Å². The highest BCUT2D eigenvalue weighted by atomic mass is 32.1. The van der Waals surface area contributed by atoms with Gasteiger partial charge in [-0.3, -0.25) is 4.79 Å². The summed E-state index contributed by atoms with van der Waals surface area (Å²) in [6.07, 6.45) is 2.90. The lowest BCUT2D eigenvalue weighted by Gasteiger charge is -2.17. The minimum atomic E-state index is -1.29. The monoisotopic (exact) mass is 443 g/mol. The van der Waals surface area contributed by atoms with Crippen molar-refractivity contribution in [2.75, 3.05) is 18.4 Å². The predicted octanol–water partition coefficient (Wildman–Crippen LogP) is 4.31. The van der Waals surface area contributed by atoms with Crippen LogP contribution in [0.25, 0.3) is 10.9 Å². The van der Waals surface area contributed by atoms with Gasteiger partial charge in [0.25, 0.3) is 0 Å². The van der Waals surface area contributed by atoms with Crippen LogP contribution in [0.15, 0.2) is 37.2 Å². The van der Waals surface area contributed by atoms with Crippen molar-refractivity contribution in [3.05, 3.63) is 42.1 Å². The third kappa shape index (κ3) is 4.56. The first kappa shape index (κ1) is 21.3. The fourth-order valence-corrected chi connectivity index (χ4v) is 4.36. The fourth-order valence-electron chi connectivity index (χ4n) is 3.68. The lowest BCUT2D eigenvalue weighted by molar-refractivity contribution is -0.125. The summed E-state index contributed by atoms with van der Waals surface area (Å²) in [6, 6.07) is 3.89. The van der Waals surface area contributed by atoms with E-state index in [1.165, 1.54) is 22.3 Å². The molecule has 0 radical (unpaired) electrons. The van der Waals surface area contributed by atoms with E-state index in [-0.39, 0.29) is 19.0 Å². The number of rotatable bonds is 7. The van der Waals surface area contributed by atoms with E-state index in [0.717, 1.165) is 27.5 Å². The molecular weight excluding hydrogens is 417 g/mol. The Morgan fingerprint density at radius 1 is 1.48 bits per heavy atom. The van der Waals surface area contributed by atoms with E-state index in [4.69, 9.17) is 4.74 Å². The maximum Gasteiger partial charge on any atom is 0.246 e. The molecule has 3 aromatic rings. The summed E-state index contributed by atoms with van der Waals surface area (Å²) in [6.45, 7) is 10.7. The van der Waals surface area contributed by atoms with Crippen molar-refractivity contribution in [2.24, 2.45) is 5.92 Å². The van der Waals surface area contributed by atoms with Crippen LogP contribution in [-0.2, 0) is 11.3 Å². The summed E-state index contributed by atoms with van der Waals surface area (Å²) in [4.78, 5) is 23.3. The number of anilines is 2. The second-order valence-electron chi connectivity index (χ2n) is 8.13. The van der Waals surface area contributed by atoms with E-state index >= 15 is 0 Å². The molecule has 2 atom stereocenters. The molecule has 1 aliphatic rings. The quantitative estimate of drug-likeness (QED) is 0.551. The maximum atomic E-state index is 14.6. The summed E-state index contributed by atoms with van der Waals surface area (Å²) < 4.78 is 22.8. The van der Waals surface area contributed by atoms with E-state index in [1.807, 2.05) is 25.3 Å². The van der Waals surface area contributed by atoms with Gasteiger partial charge in [-0.1, -0.05) is 20.4 Å². The molecule has 31 heavy (non-hydrogen) atoms. The van der Waals surface area contributed by atoms with Crippen molar-refractivity contribution in [3.8, 4) is 5.88 Å². The maximum absolute atomic E-state index is 14.6. The van der Waals surface area contributed by atoms with Crippen LogP contribution in [0.2, 0.25) is 0 Å². The number of nitrogens with zero attached hydrogens (tertiary/aromatic N) is 4. The highest BCUT2D eigenvalue weighted by molar-refractivity contribution is 7.15. The lowest BCUT2D eigenvalue weighted by atomic mass is 10.2. The Morgan fingerprint density at radius 2 is 2.29 bits per heavy atom. The van der Waals surface area contributed by atoms with Crippen molar-refractivity contribution in [1.82, 2.24) is 19.4 Å². The molecule has 3 aromatic heterocycles. The van der Waals surface area contributed by atoms with Gasteiger partial charge in [0.2, 0.25) is 11.8 Å². The first-order chi connectivity index (χ1) is 14.8. The Kier molecular flexibility index (Phi) is 5.95. The molecule has 1 amide bonds. The number of aryl methyl sites for hydroxylation is 1. The number of amides is 1. The molecule has 4 rings (SSSR count). The molecule has 164 valence electrons. The number of carbonyl (C=O) groups is 1. The molecule has 7 nitrogen and oxygen atoms in total. The number of pyridine rings is 1. The van der Waals surface area contributed by atoms with Crippen LogP contribution in [0.5, 0.6) is 5.88 Å². The number of alkyl halides is 1. The number of ether oxygens (including phenoxy) is 1. The zero-order valence-corrected chi connectivity index (χ0v) is 18.7. The summed E-state index contributed by atoms with van der Waals surface area (Å²) in [7, 11) is 0. The van der Waals surface area contributed by atoms with Gasteiger partial charge in [0.05, 0.1) is 24.0 Å². The van der Waals surface area contributed by atoms with Crippen LogP contribution >= 0.6 is 11.3 Å². The smallest absolute Gasteiger partial charge is 0.246 e. The number of thiazole rings is 1. The largest absolute Gasteiger partial charge is 0.469 e. The highest BCUT2D eigenvalue weighted by Crippen LogP contribution is 2.32. The van der Waals surface area contributed by atoms with E-state index in [1.54, 1.807) is 6.20 Å². The summed E-state index contributed by atoms with van der Waals surface area (Å²) in [5, 5.41) is 4.77. The number of hydrogen-bond donors (Lipinski definition) is 1. The van der Waals surface area contributed by atoms with Crippen molar-refractivity contribution < 1.29 is 13.9 Å². The van der Waals surface area contributed by atoms with Crippen LogP contribution in [0.1, 0.15) is 18.7 Å². The molecule has 1 N–H and O–H groups in total. The van der Waals surface area contributed by atoms with Gasteiger partial charge >= 0.3 is 0 Å². The van der Waals surface area contributed by atoms with E-state index < -0.39 is 12.3 Å². The van der Waals surface area contributed by atoms with E-state index in [0.29, 0.717) is 17.6 Å². The van der Waals surface area contributed by atoms with Crippen molar-refractivity contribution in [3.63, 3.8) is 0 Å². The molecule has 9 heteroatoms. The van der Waals surface area contributed by atoms with E-state index in [2.05, 4.69) is 40.3 Å². The average molecular weight is 444 g/mol. The summed E-state index contributed by atoms with van der Waals surface area (Å²) >= 11 is 1.53. The second-order valence-corrected chi connectivity index (χ2v) is 9.36. The Labute approximate surface area is 184 Å². The molecule has 1 aliphatic heterocycles. The van der Waals surface area contributed by atoms with Crippen LogP contribution < -0.4 is 10.1 Å². The van der Waals surface area contributed by atoms with E-state index in [9.17, 15) is 9.18 Å². The first-order valence-corrected chi connectivity index (χ1v) is 11.1. The second kappa shape index (κ2) is 8.66. The summed E-state index contributed by atoms with van der Waals surface area (Å²) in [5.74, 6) is 1.07. The SMILES string of the molecule is C=CC(=O)N1C[C@@H](F)[C@H](Oc2nc(Nc3ncc(C)s3)cc3c2ccn3CC(C)C)C1. The number of fused-ring (bicyclic) bond motifs is 1. The Balaban J connectivity index is 1.68. The number of nitrogens with one attached hydrogen (secondary N) is 1. The molecule has 0 aromatic carbocycles. The Bertz CT molecular complexity index is 1110. The molecular formula is C22H26FN5O2S. The van der Waals surface area contributed by atoms with Gasteiger partial charge in [-0.15, -0.1) is 11.3 Å². The molecule has 1 fully saturated rings. The minimum Gasteiger partial charge on any atom is -0.469 e. The molecule has 4 heterocycles. The molecule has 0 spiro atoms. The highest BCUT2D eigenvalue weighted by Gasteiger charge is 2.37. The molecule has 0 bridgehead atoms. The molecule has 0 saturated carbocycles. The van der Waals surface area contributed by atoms with Crippen LogP contribution in [0.4, 0.5) is 15.3 Å². The number of carbonyl (C=O) groups excluding carboxylic acids is 1. The predicted molar refractivity (Wildman–Crippen MR) is 121 cm³/mol. The zero-order chi connectivity index (χ0) is 22.1. The van der Waals surface area contributed by atoms with Gasteiger partial charge in [0, 0.05) is 29.9 Å². The van der Waals surface area contributed by atoms with Crippen LogP contribution in [-0.4, -0.2) is 50.7 Å².